The molecule has 2 heterocycles. The first-order chi connectivity index (χ1) is 11.6. The van der Waals surface area contributed by atoms with E-state index >= 15 is 0 Å². The summed E-state index contributed by atoms with van der Waals surface area (Å²) in [6.07, 6.45) is -3.72. The molecule has 0 fully saturated rings. The summed E-state index contributed by atoms with van der Waals surface area (Å²) in [5.74, 6) is -1.61. The van der Waals surface area contributed by atoms with Gasteiger partial charge in [0.2, 0.25) is 5.96 Å². The molecule has 0 radical (unpaired) electrons. The number of aliphatic imine (C=N–C) groups is 2. The molecular formula is C15H23F3N6O. The number of nitrogens with zero attached hydrogens (tertiary/aromatic N) is 4. The Labute approximate surface area is 144 Å². The van der Waals surface area contributed by atoms with Crippen LogP contribution in [-0.4, -0.2) is 52.6 Å². The molecule has 0 saturated heterocycles. The van der Waals surface area contributed by atoms with Crippen LogP contribution < -0.4 is 10.6 Å². The van der Waals surface area contributed by atoms with E-state index in [1.807, 2.05) is 13.8 Å². The van der Waals surface area contributed by atoms with E-state index in [0.29, 0.717) is 12.2 Å². The molecule has 0 aliphatic carbocycles. The predicted molar refractivity (Wildman–Crippen MR) is 89.8 cm³/mol. The van der Waals surface area contributed by atoms with Crippen molar-refractivity contribution in [1.82, 2.24) is 15.1 Å². The molecule has 0 saturated carbocycles. The summed E-state index contributed by atoms with van der Waals surface area (Å²) < 4.78 is 40.4. The Hall–Kier alpha value is -1.94. The number of anilines is 1. The lowest BCUT2D eigenvalue weighted by Gasteiger charge is -2.26. The van der Waals surface area contributed by atoms with Crippen LogP contribution in [0.1, 0.15) is 19.5 Å². The van der Waals surface area contributed by atoms with Crippen molar-refractivity contribution in [2.45, 2.75) is 45.8 Å². The summed E-state index contributed by atoms with van der Waals surface area (Å²) in [5.41, 5.74) is 1.31. The first-order valence-electron chi connectivity index (χ1n) is 7.97. The van der Waals surface area contributed by atoms with Crippen LogP contribution in [0.3, 0.4) is 0 Å². The Balaban J connectivity index is 2.12. The Morgan fingerprint density at radius 3 is 2.60 bits per heavy atom. The molecule has 3 unspecified atom stereocenters. The summed E-state index contributed by atoms with van der Waals surface area (Å²) in [6, 6.07) is 0. The fourth-order valence-corrected chi connectivity index (χ4v) is 2.31. The molecule has 3 N–H and O–H groups in total. The smallest absolute Gasteiger partial charge is 0.391 e. The molecule has 140 valence electrons. The molecule has 25 heavy (non-hydrogen) atoms. The Morgan fingerprint density at radius 1 is 1.36 bits per heavy atom. The molecule has 0 aromatic carbocycles. The number of nitrogens with one attached hydrogen (secondary N) is 2. The highest BCUT2D eigenvalue weighted by molar-refractivity contribution is 6.00. The number of aliphatic hydroxyl groups excluding tert-OH is 1. The van der Waals surface area contributed by atoms with Crippen molar-refractivity contribution in [3.05, 3.63) is 11.9 Å². The first-order valence-corrected chi connectivity index (χ1v) is 7.97. The number of guanidine groups is 1. The van der Waals surface area contributed by atoms with E-state index in [0.717, 1.165) is 11.9 Å². The second kappa shape index (κ2) is 7.52. The number of alkyl halides is 3. The quantitative estimate of drug-likeness (QED) is 0.747. The van der Waals surface area contributed by atoms with Crippen molar-refractivity contribution in [2.24, 2.45) is 21.8 Å². The number of halogens is 3. The van der Waals surface area contributed by atoms with Gasteiger partial charge in [-0.05, 0) is 19.9 Å². The van der Waals surface area contributed by atoms with Gasteiger partial charge < -0.3 is 10.4 Å². The van der Waals surface area contributed by atoms with E-state index in [2.05, 4.69) is 25.7 Å². The van der Waals surface area contributed by atoms with Crippen LogP contribution in [0.4, 0.5) is 18.9 Å². The highest BCUT2D eigenvalue weighted by Gasteiger charge is 2.45. The third kappa shape index (κ3) is 4.57. The van der Waals surface area contributed by atoms with Gasteiger partial charge >= 0.3 is 6.18 Å². The standard InChI is InChI=1S/C15H23F3N6O/c1-8(2)12(25)7-24-9(3)11(6-21-24)22-14-20-5-10(15(16,17)18)13(19-4)23-14/h5-6,8,10,12-13,19,25H,7H2,1-4H3,(H,22,23). The van der Waals surface area contributed by atoms with Gasteiger partial charge in [-0.2, -0.15) is 18.3 Å². The largest absolute Gasteiger partial charge is 0.400 e. The molecule has 3 atom stereocenters. The maximum Gasteiger partial charge on any atom is 0.400 e. The molecule has 1 aliphatic heterocycles. The van der Waals surface area contributed by atoms with Gasteiger partial charge in [-0.3, -0.25) is 10.00 Å². The summed E-state index contributed by atoms with van der Waals surface area (Å²) in [7, 11) is 1.42. The van der Waals surface area contributed by atoms with Crippen molar-refractivity contribution < 1.29 is 18.3 Å². The third-order valence-corrected chi connectivity index (χ3v) is 4.11. The molecule has 0 spiro atoms. The number of rotatable bonds is 5. The number of hydrogen-bond donors (Lipinski definition) is 3. The summed E-state index contributed by atoms with van der Waals surface area (Å²) in [4.78, 5) is 7.75. The summed E-state index contributed by atoms with van der Waals surface area (Å²) in [6.45, 7) is 5.94. The number of aromatic nitrogens is 2. The van der Waals surface area contributed by atoms with Crippen LogP contribution in [0.2, 0.25) is 0 Å². The molecule has 1 aromatic heterocycles. The van der Waals surface area contributed by atoms with Crippen LogP contribution >= 0.6 is 0 Å². The molecule has 1 aromatic rings. The normalized spacial score (nSPS) is 22.2. The molecular weight excluding hydrogens is 337 g/mol. The minimum atomic E-state index is -4.42. The minimum Gasteiger partial charge on any atom is -0.391 e. The molecule has 2 rings (SSSR count). The van der Waals surface area contributed by atoms with Gasteiger partial charge in [0.15, 0.2) is 0 Å². The fourth-order valence-electron chi connectivity index (χ4n) is 2.31. The predicted octanol–water partition coefficient (Wildman–Crippen LogP) is 1.78. The summed E-state index contributed by atoms with van der Waals surface area (Å²) in [5, 5.41) is 19.6. The maximum atomic E-state index is 12.9. The lowest BCUT2D eigenvalue weighted by Crippen LogP contribution is -2.44. The highest BCUT2D eigenvalue weighted by atomic mass is 19.4. The zero-order chi connectivity index (χ0) is 18.8. The van der Waals surface area contributed by atoms with Crippen molar-refractivity contribution >= 4 is 17.9 Å². The van der Waals surface area contributed by atoms with Crippen LogP contribution in [0.25, 0.3) is 0 Å². The Morgan fingerprint density at radius 2 is 2.04 bits per heavy atom. The maximum absolute atomic E-state index is 12.9. The van der Waals surface area contributed by atoms with Gasteiger partial charge in [-0.25, -0.2) is 9.98 Å². The highest BCUT2D eigenvalue weighted by Crippen LogP contribution is 2.30. The van der Waals surface area contributed by atoms with Gasteiger partial charge in [-0.15, -0.1) is 0 Å². The monoisotopic (exact) mass is 360 g/mol. The van der Waals surface area contributed by atoms with Gasteiger partial charge in [0.1, 0.15) is 12.1 Å². The molecule has 0 bridgehead atoms. The molecule has 0 amide bonds. The van der Waals surface area contributed by atoms with E-state index in [-0.39, 0.29) is 11.9 Å². The molecule has 1 aliphatic rings. The average molecular weight is 360 g/mol. The SMILES string of the molecule is CNC1N=C(Nc2cnn(CC(O)C(C)C)c2C)N=CC1C(F)(F)F. The first kappa shape index (κ1) is 19.4. The second-order valence-electron chi connectivity index (χ2n) is 6.29. The average Bonchev–Trinajstić information content (AvgIpc) is 2.86. The summed E-state index contributed by atoms with van der Waals surface area (Å²) >= 11 is 0. The lowest BCUT2D eigenvalue weighted by atomic mass is 10.1. The Bertz CT molecular complexity index is 652. The topological polar surface area (TPSA) is 86.8 Å². The van der Waals surface area contributed by atoms with E-state index < -0.39 is 24.4 Å². The van der Waals surface area contributed by atoms with E-state index in [9.17, 15) is 18.3 Å². The second-order valence-corrected chi connectivity index (χ2v) is 6.29. The van der Waals surface area contributed by atoms with Crippen LogP contribution in [-0.2, 0) is 6.54 Å². The lowest BCUT2D eigenvalue weighted by molar-refractivity contribution is -0.160. The number of hydrogen-bond acceptors (Lipinski definition) is 6. The van der Waals surface area contributed by atoms with Crippen molar-refractivity contribution in [3.8, 4) is 0 Å². The zero-order valence-electron chi connectivity index (χ0n) is 14.5. The van der Waals surface area contributed by atoms with Crippen LogP contribution in [0.15, 0.2) is 16.2 Å². The van der Waals surface area contributed by atoms with Gasteiger partial charge in [0.05, 0.1) is 30.2 Å². The van der Waals surface area contributed by atoms with Crippen LogP contribution in [0, 0.1) is 18.8 Å². The minimum absolute atomic E-state index is 0.0758. The van der Waals surface area contributed by atoms with Gasteiger partial charge in [0.25, 0.3) is 0 Å². The van der Waals surface area contributed by atoms with E-state index in [4.69, 9.17) is 0 Å². The number of aliphatic hydroxyl groups is 1. The van der Waals surface area contributed by atoms with Crippen LogP contribution in [0.5, 0.6) is 0 Å². The van der Waals surface area contributed by atoms with E-state index in [1.54, 1.807) is 11.6 Å². The zero-order valence-corrected chi connectivity index (χ0v) is 14.5. The van der Waals surface area contributed by atoms with Gasteiger partial charge in [0, 0.05) is 6.21 Å². The fraction of sp³-hybridized carbons (Fsp3) is 0.667. The van der Waals surface area contributed by atoms with Crippen molar-refractivity contribution in [1.29, 1.82) is 0 Å². The van der Waals surface area contributed by atoms with Crippen molar-refractivity contribution in [2.75, 3.05) is 12.4 Å². The van der Waals surface area contributed by atoms with Gasteiger partial charge in [-0.1, -0.05) is 13.8 Å². The Kier molecular flexibility index (Phi) is 5.83. The third-order valence-electron chi connectivity index (χ3n) is 4.11. The molecule has 7 nitrogen and oxygen atoms in total. The van der Waals surface area contributed by atoms with E-state index in [1.165, 1.54) is 13.2 Å². The molecule has 10 heteroatoms. The van der Waals surface area contributed by atoms with Crippen molar-refractivity contribution in [3.63, 3.8) is 0 Å².